The monoisotopic (exact) mass is 367 g/mol. The minimum absolute atomic E-state index is 0.0442. The summed E-state index contributed by atoms with van der Waals surface area (Å²) >= 11 is 3.37. The lowest BCUT2D eigenvalue weighted by Gasteiger charge is -2.34. The van der Waals surface area contributed by atoms with Crippen molar-refractivity contribution in [2.75, 3.05) is 32.7 Å². The lowest BCUT2D eigenvalue weighted by Crippen LogP contribution is -2.51. The quantitative estimate of drug-likeness (QED) is 0.881. The van der Waals surface area contributed by atoms with E-state index >= 15 is 0 Å². The van der Waals surface area contributed by atoms with Crippen molar-refractivity contribution in [3.63, 3.8) is 0 Å². The lowest BCUT2D eigenvalue weighted by molar-refractivity contribution is -0.123. The average Bonchev–Trinajstić information content (AvgIpc) is 2.47. The third-order valence-corrected chi connectivity index (χ3v) is 4.10. The molecular formula is C16H22BrN3O2. The van der Waals surface area contributed by atoms with Gasteiger partial charge in [0.25, 0.3) is 5.91 Å². The van der Waals surface area contributed by atoms with E-state index in [1.54, 1.807) is 0 Å². The highest BCUT2D eigenvalue weighted by molar-refractivity contribution is 9.10. The Bertz CT molecular complexity index is 523. The zero-order chi connectivity index (χ0) is 16.1. The maximum Gasteiger partial charge on any atom is 0.253 e. The Labute approximate surface area is 139 Å². The van der Waals surface area contributed by atoms with Crippen molar-refractivity contribution >= 4 is 27.7 Å². The molecule has 2 rings (SSSR count). The standard InChI is InChI=1S/C16H22BrN3O2/c1-12(2)18-15(21)11-19-7-9-20(10-8-19)16(22)13-3-5-14(17)6-4-13/h3-6,12H,7-11H2,1-2H3,(H,18,21). The Morgan fingerprint density at radius 2 is 1.73 bits per heavy atom. The van der Waals surface area contributed by atoms with Crippen LogP contribution in [0.5, 0.6) is 0 Å². The predicted octanol–water partition coefficient (Wildman–Crippen LogP) is 1.73. The second-order valence-electron chi connectivity index (χ2n) is 5.80. The van der Waals surface area contributed by atoms with Gasteiger partial charge in [-0.2, -0.15) is 0 Å². The minimum Gasteiger partial charge on any atom is -0.353 e. The van der Waals surface area contributed by atoms with E-state index in [4.69, 9.17) is 0 Å². The fourth-order valence-corrected chi connectivity index (χ4v) is 2.72. The molecule has 0 bridgehead atoms. The van der Waals surface area contributed by atoms with E-state index in [0.717, 1.165) is 17.6 Å². The topological polar surface area (TPSA) is 52.7 Å². The molecule has 0 aliphatic carbocycles. The van der Waals surface area contributed by atoms with Gasteiger partial charge >= 0.3 is 0 Å². The summed E-state index contributed by atoms with van der Waals surface area (Å²) in [5.41, 5.74) is 0.703. The van der Waals surface area contributed by atoms with Gasteiger partial charge in [0.05, 0.1) is 6.54 Å². The van der Waals surface area contributed by atoms with E-state index < -0.39 is 0 Å². The van der Waals surface area contributed by atoms with E-state index in [1.807, 2.05) is 43.0 Å². The summed E-state index contributed by atoms with van der Waals surface area (Å²) in [5, 5.41) is 2.89. The highest BCUT2D eigenvalue weighted by atomic mass is 79.9. The number of hydrogen-bond donors (Lipinski definition) is 1. The number of carbonyl (C=O) groups is 2. The van der Waals surface area contributed by atoms with E-state index in [-0.39, 0.29) is 17.9 Å². The van der Waals surface area contributed by atoms with Gasteiger partial charge in [-0.05, 0) is 38.1 Å². The van der Waals surface area contributed by atoms with E-state index in [9.17, 15) is 9.59 Å². The van der Waals surface area contributed by atoms with Crippen LogP contribution in [0, 0.1) is 0 Å². The van der Waals surface area contributed by atoms with Gasteiger partial charge in [0.15, 0.2) is 0 Å². The van der Waals surface area contributed by atoms with Crippen LogP contribution in [0.15, 0.2) is 28.7 Å². The molecule has 0 atom stereocenters. The van der Waals surface area contributed by atoms with Crippen LogP contribution in [0.2, 0.25) is 0 Å². The normalized spacial score (nSPS) is 15.9. The van der Waals surface area contributed by atoms with Crippen LogP contribution in [0.4, 0.5) is 0 Å². The third-order valence-electron chi connectivity index (χ3n) is 3.57. The molecule has 5 nitrogen and oxygen atoms in total. The zero-order valence-electron chi connectivity index (χ0n) is 13.0. The molecule has 1 aromatic rings. The largest absolute Gasteiger partial charge is 0.353 e. The van der Waals surface area contributed by atoms with Gasteiger partial charge in [-0.3, -0.25) is 14.5 Å². The number of hydrogen-bond acceptors (Lipinski definition) is 3. The molecule has 1 saturated heterocycles. The Kier molecular flexibility index (Phi) is 5.97. The minimum atomic E-state index is 0.0442. The van der Waals surface area contributed by atoms with Gasteiger partial charge in [0.1, 0.15) is 0 Å². The summed E-state index contributed by atoms with van der Waals surface area (Å²) in [5.74, 6) is 0.0986. The third kappa shape index (κ3) is 4.81. The zero-order valence-corrected chi connectivity index (χ0v) is 14.6. The summed E-state index contributed by atoms with van der Waals surface area (Å²) in [6.07, 6.45) is 0. The molecule has 0 aromatic heterocycles. The summed E-state index contributed by atoms with van der Waals surface area (Å²) in [7, 11) is 0. The molecule has 22 heavy (non-hydrogen) atoms. The molecule has 0 unspecified atom stereocenters. The predicted molar refractivity (Wildman–Crippen MR) is 89.8 cm³/mol. The Hall–Kier alpha value is -1.40. The summed E-state index contributed by atoms with van der Waals surface area (Å²) in [6, 6.07) is 7.57. The first-order valence-corrected chi connectivity index (χ1v) is 8.31. The number of nitrogens with one attached hydrogen (secondary N) is 1. The number of piperazine rings is 1. The fraction of sp³-hybridized carbons (Fsp3) is 0.500. The molecule has 0 spiro atoms. The van der Waals surface area contributed by atoms with Crippen molar-refractivity contribution < 1.29 is 9.59 Å². The van der Waals surface area contributed by atoms with Gasteiger partial charge in [-0.25, -0.2) is 0 Å². The number of benzene rings is 1. The number of halogens is 1. The van der Waals surface area contributed by atoms with Crippen molar-refractivity contribution in [3.05, 3.63) is 34.3 Å². The molecule has 1 aliphatic rings. The molecule has 0 radical (unpaired) electrons. The van der Waals surface area contributed by atoms with Crippen LogP contribution in [0.25, 0.3) is 0 Å². The molecule has 1 aromatic carbocycles. The smallest absolute Gasteiger partial charge is 0.253 e. The molecular weight excluding hydrogens is 346 g/mol. The van der Waals surface area contributed by atoms with Crippen LogP contribution in [-0.4, -0.2) is 60.4 Å². The molecule has 1 aliphatic heterocycles. The average molecular weight is 368 g/mol. The van der Waals surface area contributed by atoms with Crippen molar-refractivity contribution in [2.24, 2.45) is 0 Å². The second kappa shape index (κ2) is 7.74. The highest BCUT2D eigenvalue weighted by Gasteiger charge is 2.23. The molecule has 6 heteroatoms. The maximum atomic E-state index is 12.4. The van der Waals surface area contributed by atoms with Crippen LogP contribution < -0.4 is 5.32 Å². The summed E-state index contributed by atoms with van der Waals surface area (Å²) in [4.78, 5) is 28.1. The first-order chi connectivity index (χ1) is 10.5. The summed E-state index contributed by atoms with van der Waals surface area (Å²) < 4.78 is 0.963. The van der Waals surface area contributed by atoms with Crippen molar-refractivity contribution in [1.82, 2.24) is 15.1 Å². The molecule has 2 amide bonds. The van der Waals surface area contributed by atoms with Gasteiger partial charge < -0.3 is 10.2 Å². The first-order valence-electron chi connectivity index (χ1n) is 7.52. The van der Waals surface area contributed by atoms with Crippen molar-refractivity contribution in [1.29, 1.82) is 0 Å². The lowest BCUT2D eigenvalue weighted by atomic mass is 10.2. The van der Waals surface area contributed by atoms with Crippen LogP contribution >= 0.6 is 15.9 Å². The van der Waals surface area contributed by atoms with Gasteiger partial charge in [-0.15, -0.1) is 0 Å². The van der Waals surface area contributed by atoms with Crippen LogP contribution in [0.1, 0.15) is 24.2 Å². The van der Waals surface area contributed by atoms with Crippen molar-refractivity contribution in [2.45, 2.75) is 19.9 Å². The molecule has 1 fully saturated rings. The van der Waals surface area contributed by atoms with E-state index in [0.29, 0.717) is 25.2 Å². The summed E-state index contributed by atoms with van der Waals surface area (Å²) in [6.45, 7) is 7.08. The van der Waals surface area contributed by atoms with E-state index in [1.165, 1.54) is 0 Å². The molecule has 1 heterocycles. The first kappa shape index (κ1) is 17.0. The number of nitrogens with zero attached hydrogens (tertiary/aromatic N) is 2. The Morgan fingerprint density at radius 3 is 2.27 bits per heavy atom. The van der Waals surface area contributed by atoms with Gasteiger partial charge in [0.2, 0.25) is 5.91 Å². The second-order valence-corrected chi connectivity index (χ2v) is 6.71. The number of rotatable bonds is 4. The Morgan fingerprint density at radius 1 is 1.14 bits per heavy atom. The van der Waals surface area contributed by atoms with E-state index in [2.05, 4.69) is 26.1 Å². The molecule has 1 N–H and O–H groups in total. The molecule has 0 saturated carbocycles. The van der Waals surface area contributed by atoms with Crippen LogP contribution in [0.3, 0.4) is 0 Å². The molecule has 120 valence electrons. The SMILES string of the molecule is CC(C)NC(=O)CN1CCN(C(=O)c2ccc(Br)cc2)CC1. The fourth-order valence-electron chi connectivity index (χ4n) is 2.45. The van der Waals surface area contributed by atoms with Crippen molar-refractivity contribution in [3.8, 4) is 0 Å². The maximum absolute atomic E-state index is 12.4. The number of amides is 2. The van der Waals surface area contributed by atoms with Crippen LogP contribution in [-0.2, 0) is 4.79 Å². The van der Waals surface area contributed by atoms with Gasteiger partial charge in [0, 0.05) is 42.3 Å². The van der Waals surface area contributed by atoms with Gasteiger partial charge in [-0.1, -0.05) is 15.9 Å². The number of carbonyl (C=O) groups excluding carboxylic acids is 2. The Balaban J connectivity index is 1.83. The highest BCUT2D eigenvalue weighted by Crippen LogP contribution is 2.13.